The number of likely N-dealkylation sites (N-methyl/N-ethyl adjacent to an activating group) is 1. The summed E-state index contributed by atoms with van der Waals surface area (Å²) in [5.41, 5.74) is 2.76. The summed E-state index contributed by atoms with van der Waals surface area (Å²) in [5, 5.41) is 3.79. The van der Waals surface area contributed by atoms with Gasteiger partial charge in [-0.15, -0.1) is 0 Å². The third-order valence-corrected chi connectivity index (χ3v) is 5.09. The standard InChI is InChI=1S/C18H29N3/c1-15-6-5-7-16(14-15)19-10-11-21-13-12-20(2)17-8-3-4-9-18(17)21/h3-4,8-9,15-16,19H,5-7,10-14H2,1-2H3. The number of rotatable bonds is 4. The first kappa shape index (κ1) is 14.7. The smallest absolute Gasteiger partial charge is 0.0605 e. The average Bonchev–Trinajstić information content (AvgIpc) is 2.50. The van der Waals surface area contributed by atoms with Crippen molar-refractivity contribution in [2.24, 2.45) is 5.92 Å². The summed E-state index contributed by atoms with van der Waals surface area (Å²) >= 11 is 0. The van der Waals surface area contributed by atoms with E-state index >= 15 is 0 Å². The van der Waals surface area contributed by atoms with Crippen LogP contribution in [-0.4, -0.2) is 39.3 Å². The van der Waals surface area contributed by atoms with Crippen LogP contribution in [0.4, 0.5) is 11.4 Å². The van der Waals surface area contributed by atoms with E-state index in [1.54, 1.807) is 0 Å². The highest BCUT2D eigenvalue weighted by Crippen LogP contribution is 2.31. The molecule has 1 saturated carbocycles. The Morgan fingerprint density at radius 2 is 1.95 bits per heavy atom. The van der Waals surface area contributed by atoms with Gasteiger partial charge in [-0.2, -0.15) is 0 Å². The van der Waals surface area contributed by atoms with Gasteiger partial charge < -0.3 is 15.1 Å². The minimum Gasteiger partial charge on any atom is -0.371 e. The Balaban J connectivity index is 1.53. The van der Waals surface area contributed by atoms with Crippen LogP contribution in [0.15, 0.2) is 24.3 Å². The normalized spacial score (nSPS) is 25.8. The molecule has 0 saturated heterocycles. The lowest BCUT2D eigenvalue weighted by molar-refractivity contribution is 0.303. The summed E-state index contributed by atoms with van der Waals surface area (Å²) in [4.78, 5) is 4.90. The third kappa shape index (κ3) is 3.52. The Morgan fingerprint density at radius 3 is 2.76 bits per heavy atom. The van der Waals surface area contributed by atoms with Crippen molar-refractivity contribution in [1.82, 2.24) is 5.32 Å². The van der Waals surface area contributed by atoms with Gasteiger partial charge in [0, 0.05) is 39.3 Å². The molecule has 0 spiro atoms. The molecular weight excluding hydrogens is 258 g/mol. The highest BCUT2D eigenvalue weighted by atomic mass is 15.3. The summed E-state index contributed by atoms with van der Waals surface area (Å²) < 4.78 is 0. The number of hydrogen-bond donors (Lipinski definition) is 1. The molecule has 1 heterocycles. The first-order chi connectivity index (χ1) is 10.2. The summed E-state index contributed by atoms with van der Waals surface area (Å²) in [6.45, 7) is 6.88. The second-order valence-electron chi connectivity index (χ2n) is 6.82. The largest absolute Gasteiger partial charge is 0.371 e. The van der Waals surface area contributed by atoms with Gasteiger partial charge in [0.15, 0.2) is 0 Å². The molecule has 116 valence electrons. The van der Waals surface area contributed by atoms with Crippen molar-refractivity contribution in [2.45, 2.75) is 38.6 Å². The number of nitrogens with one attached hydrogen (secondary N) is 1. The molecule has 0 bridgehead atoms. The van der Waals surface area contributed by atoms with Crippen molar-refractivity contribution in [3.05, 3.63) is 24.3 Å². The van der Waals surface area contributed by atoms with Gasteiger partial charge in [0.1, 0.15) is 0 Å². The van der Waals surface area contributed by atoms with E-state index < -0.39 is 0 Å². The van der Waals surface area contributed by atoms with Gasteiger partial charge in [0.2, 0.25) is 0 Å². The first-order valence-electron chi connectivity index (χ1n) is 8.52. The van der Waals surface area contributed by atoms with Gasteiger partial charge in [0.25, 0.3) is 0 Å². The SMILES string of the molecule is CC1CCCC(NCCN2CCN(C)c3ccccc32)C1. The minimum atomic E-state index is 0.747. The van der Waals surface area contributed by atoms with E-state index in [1.165, 1.54) is 37.1 Å². The Labute approximate surface area is 129 Å². The van der Waals surface area contributed by atoms with Gasteiger partial charge in [-0.3, -0.25) is 0 Å². The predicted molar refractivity (Wildman–Crippen MR) is 91.3 cm³/mol. The lowest BCUT2D eigenvalue weighted by Crippen LogP contribution is -2.44. The van der Waals surface area contributed by atoms with E-state index in [1.807, 2.05) is 0 Å². The maximum atomic E-state index is 3.79. The molecule has 1 N–H and O–H groups in total. The molecule has 1 aromatic rings. The van der Waals surface area contributed by atoms with Crippen LogP contribution in [0.2, 0.25) is 0 Å². The van der Waals surface area contributed by atoms with Crippen molar-refractivity contribution in [2.75, 3.05) is 43.0 Å². The lowest BCUT2D eigenvalue weighted by atomic mass is 9.87. The number of nitrogens with zero attached hydrogens (tertiary/aromatic N) is 2. The lowest BCUT2D eigenvalue weighted by Gasteiger charge is -2.37. The zero-order valence-electron chi connectivity index (χ0n) is 13.5. The fraction of sp³-hybridized carbons (Fsp3) is 0.667. The van der Waals surface area contributed by atoms with Gasteiger partial charge >= 0.3 is 0 Å². The molecule has 3 rings (SSSR count). The molecule has 0 aromatic heterocycles. The summed E-state index contributed by atoms with van der Waals surface area (Å²) in [5.74, 6) is 0.903. The van der Waals surface area contributed by atoms with Crippen LogP contribution in [0.3, 0.4) is 0 Å². The molecule has 2 aliphatic rings. The Morgan fingerprint density at radius 1 is 1.14 bits per heavy atom. The average molecular weight is 287 g/mol. The third-order valence-electron chi connectivity index (χ3n) is 5.09. The maximum absolute atomic E-state index is 3.79. The van der Waals surface area contributed by atoms with Crippen LogP contribution >= 0.6 is 0 Å². The minimum absolute atomic E-state index is 0.747. The number of hydrogen-bond acceptors (Lipinski definition) is 3. The van der Waals surface area contributed by atoms with Crippen LogP contribution in [0.25, 0.3) is 0 Å². The monoisotopic (exact) mass is 287 g/mol. The molecule has 1 aliphatic carbocycles. The van der Waals surface area contributed by atoms with Gasteiger partial charge in [0.05, 0.1) is 11.4 Å². The van der Waals surface area contributed by atoms with Crippen LogP contribution < -0.4 is 15.1 Å². The number of fused-ring (bicyclic) bond motifs is 1. The van der Waals surface area contributed by atoms with E-state index in [9.17, 15) is 0 Å². The van der Waals surface area contributed by atoms with Gasteiger partial charge in [-0.1, -0.05) is 31.9 Å². The quantitative estimate of drug-likeness (QED) is 0.918. The van der Waals surface area contributed by atoms with Crippen molar-refractivity contribution in [1.29, 1.82) is 0 Å². The number of benzene rings is 1. The molecule has 1 aliphatic heterocycles. The van der Waals surface area contributed by atoms with Crippen LogP contribution in [0.5, 0.6) is 0 Å². The Kier molecular flexibility index (Phi) is 4.69. The first-order valence-corrected chi connectivity index (χ1v) is 8.52. The molecule has 0 amide bonds. The molecule has 1 fully saturated rings. The molecule has 1 aromatic carbocycles. The molecule has 2 unspecified atom stereocenters. The second-order valence-corrected chi connectivity index (χ2v) is 6.82. The van der Waals surface area contributed by atoms with Gasteiger partial charge in [-0.05, 0) is 30.9 Å². The molecule has 2 atom stereocenters. The predicted octanol–water partition coefficient (Wildman–Crippen LogP) is 3.11. The fourth-order valence-corrected chi connectivity index (χ4v) is 3.82. The van der Waals surface area contributed by atoms with E-state index in [0.29, 0.717) is 0 Å². The fourth-order valence-electron chi connectivity index (χ4n) is 3.82. The zero-order valence-corrected chi connectivity index (χ0v) is 13.5. The Bertz CT molecular complexity index is 460. The number of para-hydroxylation sites is 2. The molecule has 3 nitrogen and oxygen atoms in total. The van der Waals surface area contributed by atoms with E-state index in [2.05, 4.69) is 53.4 Å². The molecule has 0 radical (unpaired) electrons. The highest BCUT2D eigenvalue weighted by molar-refractivity contribution is 5.73. The summed E-state index contributed by atoms with van der Waals surface area (Å²) in [6, 6.07) is 9.53. The van der Waals surface area contributed by atoms with Crippen molar-refractivity contribution >= 4 is 11.4 Å². The summed E-state index contributed by atoms with van der Waals surface area (Å²) in [6.07, 6.45) is 5.54. The summed E-state index contributed by atoms with van der Waals surface area (Å²) in [7, 11) is 2.19. The van der Waals surface area contributed by atoms with Crippen LogP contribution in [0.1, 0.15) is 32.6 Å². The second kappa shape index (κ2) is 6.69. The Hall–Kier alpha value is -1.22. The van der Waals surface area contributed by atoms with Crippen LogP contribution in [0, 0.1) is 5.92 Å². The molecular formula is C18H29N3. The maximum Gasteiger partial charge on any atom is 0.0605 e. The van der Waals surface area contributed by atoms with E-state index in [-0.39, 0.29) is 0 Å². The topological polar surface area (TPSA) is 18.5 Å². The number of anilines is 2. The molecule has 21 heavy (non-hydrogen) atoms. The molecule has 3 heteroatoms. The van der Waals surface area contributed by atoms with Crippen molar-refractivity contribution < 1.29 is 0 Å². The van der Waals surface area contributed by atoms with E-state index in [0.717, 1.165) is 38.1 Å². The van der Waals surface area contributed by atoms with Crippen molar-refractivity contribution in [3.8, 4) is 0 Å². The van der Waals surface area contributed by atoms with Gasteiger partial charge in [-0.25, -0.2) is 0 Å². The highest BCUT2D eigenvalue weighted by Gasteiger charge is 2.21. The van der Waals surface area contributed by atoms with E-state index in [4.69, 9.17) is 0 Å². The zero-order chi connectivity index (χ0) is 14.7. The van der Waals surface area contributed by atoms with Crippen molar-refractivity contribution in [3.63, 3.8) is 0 Å². The van der Waals surface area contributed by atoms with Crippen LogP contribution in [-0.2, 0) is 0 Å².